The second kappa shape index (κ2) is 7.79. The van der Waals surface area contributed by atoms with Gasteiger partial charge in [0.1, 0.15) is 6.61 Å². The van der Waals surface area contributed by atoms with E-state index in [1.165, 1.54) is 11.1 Å². The molecule has 1 aromatic carbocycles. The largest absolute Gasteiger partial charge is 0.411 e. The average Bonchev–Trinajstić information content (AvgIpc) is 2.52. The molecule has 0 fully saturated rings. The average molecular weight is 330 g/mol. The summed E-state index contributed by atoms with van der Waals surface area (Å²) in [5.74, 6) is -0.194. The summed E-state index contributed by atoms with van der Waals surface area (Å²) in [5.41, 5.74) is 2.52. The summed E-state index contributed by atoms with van der Waals surface area (Å²) < 4.78 is 40.2. The highest BCUT2D eigenvalue weighted by Crippen LogP contribution is 2.20. The highest BCUT2D eigenvalue weighted by molar-refractivity contribution is 5.81. The molecule has 1 amide bonds. The molecule has 1 atom stereocenters. The summed E-state index contributed by atoms with van der Waals surface area (Å²) in [4.78, 5) is 14.1. The Labute approximate surface area is 133 Å². The Balaban J connectivity index is 1.73. The maximum Gasteiger partial charge on any atom is 0.411 e. The predicted octanol–water partition coefficient (Wildman–Crippen LogP) is 2.13. The fraction of sp³-hybridized carbons (Fsp3) is 0.562. The third kappa shape index (κ3) is 5.51. The number of hydrogen-bond acceptors (Lipinski definition) is 3. The van der Waals surface area contributed by atoms with Crippen molar-refractivity contribution in [1.29, 1.82) is 0 Å². The van der Waals surface area contributed by atoms with Crippen LogP contribution in [0.25, 0.3) is 0 Å². The third-order valence-electron chi connectivity index (χ3n) is 3.90. The number of rotatable bonds is 6. The molecule has 1 heterocycles. The predicted molar refractivity (Wildman–Crippen MR) is 79.9 cm³/mol. The van der Waals surface area contributed by atoms with E-state index in [9.17, 15) is 18.0 Å². The van der Waals surface area contributed by atoms with Crippen LogP contribution in [0, 0.1) is 0 Å². The molecule has 0 spiro atoms. The Morgan fingerprint density at radius 2 is 2.04 bits per heavy atom. The quantitative estimate of drug-likeness (QED) is 0.813. The van der Waals surface area contributed by atoms with Crippen molar-refractivity contribution in [3.63, 3.8) is 0 Å². The van der Waals surface area contributed by atoms with Crippen LogP contribution in [0.4, 0.5) is 13.2 Å². The first-order chi connectivity index (χ1) is 10.9. The van der Waals surface area contributed by atoms with Crippen molar-refractivity contribution in [2.45, 2.75) is 32.1 Å². The van der Waals surface area contributed by atoms with Crippen LogP contribution in [0.1, 0.15) is 18.1 Å². The van der Waals surface area contributed by atoms with Crippen LogP contribution in [0.2, 0.25) is 0 Å². The molecule has 2 rings (SSSR count). The second-order valence-electron chi connectivity index (χ2n) is 5.62. The zero-order valence-electron chi connectivity index (χ0n) is 13.0. The lowest BCUT2D eigenvalue weighted by Crippen LogP contribution is -2.47. The van der Waals surface area contributed by atoms with Gasteiger partial charge in [-0.05, 0) is 24.5 Å². The number of alkyl halides is 3. The topological polar surface area (TPSA) is 41.6 Å². The van der Waals surface area contributed by atoms with Gasteiger partial charge in [-0.25, -0.2) is 0 Å². The fourth-order valence-corrected chi connectivity index (χ4v) is 2.60. The summed E-state index contributed by atoms with van der Waals surface area (Å²) in [5, 5.41) is 2.62. The molecule has 0 unspecified atom stereocenters. The Morgan fingerprint density at radius 3 is 2.74 bits per heavy atom. The lowest BCUT2D eigenvalue weighted by molar-refractivity contribution is -0.173. The minimum atomic E-state index is -4.33. The molecule has 0 aromatic heterocycles. The monoisotopic (exact) mass is 330 g/mol. The second-order valence-corrected chi connectivity index (χ2v) is 5.62. The zero-order valence-corrected chi connectivity index (χ0v) is 13.0. The number of carbonyl (C=O) groups is 1. The number of hydrogen-bond donors (Lipinski definition) is 1. The Kier molecular flexibility index (Phi) is 6.01. The van der Waals surface area contributed by atoms with Gasteiger partial charge in [0, 0.05) is 19.6 Å². The summed E-state index contributed by atoms with van der Waals surface area (Å²) in [6, 6.07) is 7.80. The molecule has 1 aliphatic heterocycles. The first-order valence-corrected chi connectivity index (χ1v) is 7.60. The number of nitrogens with one attached hydrogen (secondary N) is 1. The van der Waals surface area contributed by atoms with Gasteiger partial charge in [-0.2, -0.15) is 13.2 Å². The van der Waals surface area contributed by atoms with Crippen molar-refractivity contribution >= 4 is 5.91 Å². The first-order valence-electron chi connectivity index (χ1n) is 7.60. The Bertz CT molecular complexity index is 534. The van der Waals surface area contributed by atoms with Crippen molar-refractivity contribution in [3.8, 4) is 0 Å². The molecule has 0 saturated heterocycles. The summed E-state index contributed by atoms with van der Waals surface area (Å²) in [6.07, 6.45) is -3.44. The van der Waals surface area contributed by atoms with Crippen LogP contribution >= 0.6 is 0 Å². The normalized spacial score (nSPS) is 16.7. The van der Waals surface area contributed by atoms with E-state index in [0.29, 0.717) is 6.54 Å². The number of carbonyl (C=O) groups excluding carboxylic acids is 1. The van der Waals surface area contributed by atoms with E-state index in [0.717, 1.165) is 13.0 Å². The summed E-state index contributed by atoms with van der Waals surface area (Å²) in [6.45, 7) is 1.93. The van der Waals surface area contributed by atoms with Crippen LogP contribution in [0.5, 0.6) is 0 Å². The molecular weight excluding hydrogens is 309 g/mol. The van der Waals surface area contributed by atoms with E-state index in [4.69, 9.17) is 0 Å². The molecule has 0 bridgehead atoms. The van der Waals surface area contributed by atoms with Gasteiger partial charge in [0.25, 0.3) is 0 Å². The highest BCUT2D eigenvalue weighted by Gasteiger charge is 2.27. The standard InChI is InChI=1S/C16H21F3N2O2/c1-12(15(22)20-7-9-23-11-16(17,18)19)21-8-6-13-4-2-3-5-14(13)10-21/h2-5,12H,6-11H2,1H3,(H,20,22)/t12-/m0/s1. The van der Waals surface area contributed by atoms with Crippen molar-refractivity contribution in [2.24, 2.45) is 0 Å². The van der Waals surface area contributed by atoms with Gasteiger partial charge >= 0.3 is 6.18 Å². The van der Waals surface area contributed by atoms with Gasteiger partial charge in [0.2, 0.25) is 5.91 Å². The Hall–Kier alpha value is -1.60. The Morgan fingerprint density at radius 1 is 1.35 bits per heavy atom. The molecule has 1 aromatic rings. The number of benzene rings is 1. The van der Waals surface area contributed by atoms with Crippen molar-refractivity contribution in [3.05, 3.63) is 35.4 Å². The molecule has 128 valence electrons. The van der Waals surface area contributed by atoms with Gasteiger partial charge in [-0.1, -0.05) is 24.3 Å². The van der Waals surface area contributed by atoms with Gasteiger partial charge in [-0.15, -0.1) is 0 Å². The van der Waals surface area contributed by atoms with Gasteiger partial charge in [0.05, 0.1) is 12.6 Å². The summed E-state index contributed by atoms with van der Waals surface area (Å²) >= 11 is 0. The van der Waals surface area contributed by atoms with E-state index >= 15 is 0 Å². The molecule has 0 radical (unpaired) electrons. The molecule has 4 nitrogen and oxygen atoms in total. The molecule has 1 aliphatic rings. The van der Waals surface area contributed by atoms with E-state index in [2.05, 4.69) is 27.1 Å². The SMILES string of the molecule is C[C@@H](C(=O)NCCOCC(F)(F)F)N1CCc2ccccc2C1. The number of ether oxygens (including phenoxy) is 1. The van der Waals surface area contributed by atoms with Crippen molar-refractivity contribution < 1.29 is 22.7 Å². The number of fused-ring (bicyclic) bond motifs is 1. The van der Waals surface area contributed by atoms with Gasteiger partial charge < -0.3 is 10.1 Å². The van der Waals surface area contributed by atoms with Crippen LogP contribution in [0.3, 0.4) is 0 Å². The number of amides is 1. The lowest BCUT2D eigenvalue weighted by Gasteiger charge is -2.32. The molecule has 1 N–H and O–H groups in total. The summed E-state index contributed by atoms with van der Waals surface area (Å²) in [7, 11) is 0. The first kappa shape index (κ1) is 17.7. The van der Waals surface area contributed by atoms with Crippen molar-refractivity contribution in [2.75, 3.05) is 26.3 Å². The van der Waals surface area contributed by atoms with Crippen LogP contribution < -0.4 is 5.32 Å². The molecule has 0 aliphatic carbocycles. The fourth-order valence-electron chi connectivity index (χ4n) is 2.60. The minimum absolute atomic E-state index is 0.0731. The van der Waals surface area contributed by atoms with Crippen LogP contribution in [-0.4, -0.2) is 49.3 Å². The molecule has 23 heavy (non-hydrogen) atoms. The maximum atomic E-state index is 12.1. The van der Waals surface area contributed by atoms with E-state index < -0.39 is 12.8 Å². The van der Waals surface area contributed by atoms with Gasteiger partial charge in [-0.3, -0.25) is 9.69 Å². The van der Waals surface area contributed by atoms with E-state index in [-0.39, 0.29) is 25.1 Å². The molecule has 0 saturated carbocycles. The zero-order chi connectivity index (χ0) is 16.9. The third-order valence-corrected chi connectivity index (χ3v) is 3.90. The number of nitrogens with zero attached hydrogens (tertiary/aromatic N) is 1. The smallest absolute Gasteiger partial charge is 0.370 e. The minimum Gasteiger partial charge on any atom is -0.370 e. The lowest BCUT2D eigenvalue weighted by atomic mass is 9.99. The van der Waals surface area contributed by atoms with Gasteiger partial charge in [0.15, 0.2) is 0 Å². The number of halogens is 3. The highest BCUT2D eigenvalue weighted by atomic mass is 19.4. The van der Waals surface area contributed by atoms with Crippen LogP contribution in [-0.2, 0) is 22.5 Å². The van der Waals surface area contributed by atoms with Crippen LogP contribution in [0.15, 0.2) is 24.3 Å². The molecular formula is C16H21F3N2O2. The van der Waals surface area contributed by atoms with E-state index in [1.54, 1.807) is 6.92 Å². The molecule has 7 heteroatoms. The maximum absolute atomic E-state index is 12.1. The van der Waals surface area contributed by atoms with Crippen molar-refractivity contribution in [1.82, 2.24) is 10.2 Å². The van der Waals surface area contributed by atoms with E-state index in [1.807, 2.05) is 12.1 Å².